The zero-order chi connectivity index (χ0) is 14.9. The number of non-ortho nitro benzene ring substituents is 1. The van der Waals surface area contributed by atoms with Crippen molar-refractivity contribution < 1.29 is 13.7 Å². The van der Waals surface area contributed by atoms with Gasteiger partial charge in [-0.15, -0.1) is 0 Å². The number of hydrogen-bond donors (Lipinski definition) is 2. The first kappa shape index (κ1) is 14.2. The standard InChI is InChI=1S/C12H8BrF2N3O2/c13-9-4-12(11(15)5-10(9)14)17-7-1-6(16)2-8(3-7)18(19)20/h1-5,17H,16H2. The predicted octanol–water partition coefficient (Wildman–Crippen LogP) is 3.96. The van der Waals surface area contributed by atoms with E-state index in [0.717, 1.165) is 0 Å². The molecular formula is C12H8BrF2N3O2. The molecule has 0 saturated heterocycles. The van der Waals surface area contributed by atoms with Crippen LogP contribution in [0, 0.1) is 21.7 Å². The monoisotopic (exact) mass is 343 g/mol. The lowest BCUT2D eigenvalue weighted by atomic mass is 10.2. The largest absolute Gasteiger partial charge is 0.398 e. The van der Waals surface area contributed by atoms with Crippen molar-refractivity contribution in [2.45, 2.75) is 0 Å². The van der Waals surface area contributed by atoms with E-state index in [1.807, 2.05) is 0 Å². The molecule has 0 unspecified atom stereocenters. The van der Waals surface area contributed by atoms with Crippen molar-refractivity contribution in [3.63, 3.8) is 0 Å². The number of rotatable bonds is 3. The van der Waals surface area contributed by atoms with E-state index in [9.17, 15) is 18.9 Å². The van der Waals surface area contributed by atoms with Gasteiger partial charge in [-0.3, -0.25) is 10.1 Å². The summed E-state index contributed by atoms with van der Waals surface area (Å²) in [5, 5.41) is 13.3. The third kappa shape index (κ3) is 3.02. The lowest BCUT2D eigenvalue weighted by Gasteiger charge is -2.09. The number of benzene rings is 2. The van der Waals surface area contributed by atoms with Gasteiger partial charge in [0, 0.05) is 29.6 Å². The molecule has 3 N–H and O–H groups in total. The van der Waals surface area contributed by atoms with Crippen LogP contribution in [0.2, 0.25) is 0 Å². The van der Waals surface area contributed by atoms with Crippen molar-refractivity contribution in [1.82, 2.24) is 0 Å². The zero-order valence-corrected chi connectivity index (χ0v) is 11.4. The van der Waals surface area contributed by atoms with Crippen molar-refractivity contribution in [2.24, 2.45) is 0 Å². The van der Waals surface area contributed by atoms with Crippen LogP contribution in [0.5, 0.6) is 0 Å². The van der Waals surface area contributed by atoms with E-state index < -0.39 is 16.6 Å². The average molecular weight is 344 g/mol. The van der Waals surface area contributed by atoms with E-state index >= 15 is 0 Å². The summed E-state index contributed by atoms with van der Waals surface area (Å²) in [6.07, 6.45) is 0. The minimum Gasteiger partial charge on any atom is -0.398 e. The zero-order valence-electron chi connectivity index (χ0n) is 9.86. The van der Waals surface area contributed by atoms with Crippen molar-refractivity contribution in [1.29, 1.82) is 0 Å². The summed E-state index contributed by atoms with van der Waals surface area (Å²) in [4.78, 5) is 10.1. The fourth-order valence-electron chi connectivity index (χ4n) is 1.59. The molecule has 20 heavy (non-hydrogen) atoms. The Kier molecular flexibility index (Phi) is 3.84. The first-order chi connectivity index (χ1) is 9.36. The Morgan fingerprint density at radius 1 is 1.15 bits per heavy atom. The second-order valence-electron chi connectivity index (χ2n) is 3.94. The van der Waals surface area contributed by atoms with E-state index in [-0.39, 0.29) is 27.2 Å². The number of hydrogen-bond acceptors (Lipinski definition) is 4. The summed E-state index contributed by atoms with van der Waals surface area (Å²) in [6, 6.07) is 5.69. The van der Waals surface area contributed by atoms with Gasteiger partial charge in [0.15, 0.2) is 0 Å². The molecular weight excluding hydrogens is 336 g/mol. The van der Waals surface area contributed by atoms with Crippen LogP contribution in [0.1, 0.15) is 0 Å². The number of nitrogens with two attached hydrogens (primary N) is 1. The lowest BCUT2D eigenvalue weighted by Crippen LogP contribution is -1.98. The van der Waals surface area contributed by atoms with E-state index in [4.69, 9.17) is 5.73 Å². The van der Waals surface area contributed by atoms with Gasteiger partial charge < -0.3 is 11.1 Å². The molecule has 0 bridgehead atoms. The maximum absolute atomic E-state index is 13.6. The van der Waals surface area contributed by atoms with Crippen LogP contribution < -0.4 is 11.1 Å². The molecule has 0 aliphatic rings. The Balaban J connectivity index is 2.40. The van der Waals surface area contributed by atoms with Crippen LogP contribution >= 0.6 is 15.9 Å². The van der Waals surface area contributed by atoms with Crippen LogP contribution in [0.25, 0.3) is 0 Å². The van der Waals surface area contributed by atoms with Crippen molar-refractivity contribution in [3.8, 4) is 0 Å². The second-order valence-corrected chi connectivity index (χ2v) is 4.80. The molecule has 0 aliphatic carbocycles. The highest BCUT2D eigenvalue weighted by Gasteiger charge is 2.12. The maximum atomic E-state index is 13.6. The molecule has 8 heteroatoms. The first-order valence-electron chi connectivity index (χ1n) is 5.33. The number of nitro benzene ring substituents is 1. The van der Waals surface area contributed by atoms with E-state index in [0.29, 0.717) is 6.07 Å². The molecule has 0 spiro atoms. The van der Waals surface area contributed by atoms with E-state index in [1.165, 1.54) is 24.3 Å². The smallest absolute Gasteiger partial charge is 0.273 e. The minimum absolute atomic E-state index is 0.0295. The molecule has 0 fully saturated rings. The number of nitrogens with one attached hydrogen (secondary N) is 1. The lowest BCUT2D eigenvalue weighted by molar-refractivity contribution is -0.384. The van der Waals surface area contributed by atoms with Gasteiger partial charge in [0.25, 0.3) is 5.69 Å². The molecule has 0 aromatic heterocycles. The quantitative estimate of drug-likeness (QED) is 0.382. The third-order valence-corrected chi connectivity index (χ3v) is 3.05. The second kappa shape index (κ2) is 5.41. The van der Waals surface area contributed by atoms with E-state index in [2.05, 4.69) is 21.2 Å². The Morgan fingerprint density at radius 3 is 2.50 bits per heavy atom. The van der Waals surface area contributed by atoms with Gasteiger partial charge in [0.2, 0.25) is 0 Å². The molecule has 2 aromatic rings. The summed E-state index contributed by atoms with van der Waals surface area (Å²) in [7, 11) is 0. The summed E-state index contributed by atoms with van der Waals surface area (Å²) in [5.74, 6) is -1.57. The van der Waals surface area contributed by atoms with Gasteiger partial charge in [-0.1, -0.05) is 0 Å². The molecule has 0 atom stereocenters. The molecule has 0 aliphatic heterocycles. The molecule has 0 heterocycles. The van der Waals surface area contributed by atoms with Crippen LogP contribution in [0.3, 0.4) is 0 Å². The van der Waals surface area contributed by atoms with Crippen LogP contribution in [-0.2, 0) is 0 Å². The van der Waals surface area contributed by atoms with Gasteiger partial charge in [-0.2, -0.15) is 0 Å². The predicted molar refractivity (Wildman–Crippen MR) is 74.8 cm³/mol. The fourth-order valence-corrected chi connectivity index (χ4v) is 1.93. The molecule has 5 nitrogen and oxygen atoms in total. The summed E-state index contributed by atoms with van der Waals surface area (Å²) in [6.45, 7) is 0. The first-order valence-corrected chi connectivity index (χ1v) is 6.12. The van der Waals surface area contributed by atoms with Crippen molar-refractivity contribution in [3.05, 3.63) is 56.6 Å². The summed E-state index contributed by atoms with van der Waals surface area (Å²) in [5.41, 5.74) is 5.66. The SMILES string of the molecule is Nc1cc(Nc2cc(Br)c(F)cc2F)cc([N+](=O)[O-])c1. The molecule has 2 aromatic carbocycles. The number of halogens is 3. The van der Waals surface area contributed by atoms with Crippen LogP contribution in [0.15, 0.2) is 34.8 Å². The van der Waals surface area contributed by atoms with Crippen LogP contribution in [0.4, 0.5) is 31.5 Å². The third-order valence-electron chi connectivity index (χ3n) is 2.44. The highest BCUT2D eigenvalue weighted by Crippen LogP contribution is 2.29. The van der Waals surface area contributed by atoms with E-state index in [1.54, 1.807) is 0 Å². The van der Waals surface area contributed by atoms with Crippen molar-refractivity contribution in [2.75, 3.05) is 11.1 Å². The topological polar surface area (TPSA) is 81.2 Å². The highest BCUT2D eigenvalue weighted by molar-refractivity contribution is 9.10. The van der Waals surface area contributed by atoms with Crippen molar-refractivity contribution >= 4 is 38.7 Å². The number of nitrogens with zero attached hydrogens (tertiary/aromatic N) is 1. The Labute approximate surface area is 120 Å². The number of anilines is 3. The summed E-state index contributed by atoms with van der Waals surface area (Å²) >= 11 is 2.93. The highest BCUT2D eigenvalue weighted by atomic mass is 79.9. The molecule has 0 saturated carbocycles. The fraction of sp³-hybridized carbons (Fsp3) is 0. The van der Waals surface area contributed by atoms with Gasteiger partial charge in [0.1, 0.15) is 11.6 Å². The maximum Gasteiger partial charge on any atom is 0.273 e. The molecule has 0 radical (unpaired) electrons. The Bertz CT molecular complexity index is 695. The number of nitrogen functional groups attached to an aromatic ring is 1. The van der Waals surface area contributed by atoms with Crippen LogP contribution in [-0.4, -0.2) is 4.92 Å². The minimum atomic E-state index is -0.823. The average Bonchev–Trinajstić information content (AvgIpc) is 2.35. The normalized spacial score (nSPS) is 10.3. The number of nitro groups is 1. The molecule has 104 valence electrons. The molecule has 2 rings (SSSR count). The molecule has 0 amide bonds. The van der Waals surface area contributed by atoms with Gasteiger partial charge in [0.05, 0.1) is 15.1 Å². The van der Waals surface area contributed by atoms with Gasteiger partial charge >= 0.3 is 0 Å². The van der Waals surface area contributed by atoms with Gasteiger partial charge in [-0.25, -0.2) is 8.78 Å². The van der Waals surface area contributed by atoms with Gasteiger partial charge in [-0.05, 0) is 28.1 Å². The Morgan fingerprint density at radius 2 is 1.85 bits per heavy atom. The Hall–Kier alpha value is -2.22. The summed E-state index contributed by atoms with van der Waals surface area (Å²) < 4.78 is 26.8.